The maximum Gasteiger partial charge on any atom is 0.256 e. The Morgan fingerprint density at radius 2 is 1.83 bits per heavy atom. The van der Waals surface area contributed by atoms with Crippen molar-refractivity contribution in [2.24, 2.45) is 0 Å². The number of carbonyl (C=O) groups is 3. The minimum atomic E-state index is -0.712. The SMILES string of the molecule is O=C1Nc2ccc(-c3cccs3)cc2C(=O)N2CCN(C(=O)c3ccccc3)CC12. The van der Waals surface area contributed by atoms with Gasteiger partial charge in [-0.25, -0.2) is 0 Å². The van der Waals surface area contributed by atoms with Crippen molar-refractivity contribution in [1.29, 1.82) is 0 Å². The van der Waals surface area contributed by atoms with Crippen molar-refractivity contribution in [2.45, 2.75) is 6.04 Å². The highest BCUT2D eigenvalue weighted by Gasteiger charge is 2.40. The molecule has 0 radical (unpaired) electrons. The van der Waals surface area contributed by atoms with Gasteiger partial charge in [-0.05, 0) is 41.3 Å². The third-order valence-electron chi connectivity index (χ3n) is 5.57. The number of nitrogens with one attached hydrogen (secondary N) is 1. The molecule has 0 saturated carbocycles. The van der Waals surface area contributed by atoms with Gasteiger partial charge in [-0.3, -0.25) is 14.4 Å². The van der Waals surface area contributed by atoms with Gasteiger partial charge in [-0.15, -0.1) is 11.3 Å². The Morgan fingerprint density at radius 1 is 1.00 bits per heavy atom. The van der Waals surface area contributed by atoms with Gasteiger partial charge >= 0.3 is 0 Å². The molecule has 0 aliphatic carbocycles. The van der Waals surface area contributed by atoms with Gasteiger partial charge in [0.05, 0.1) is 17.8 Å². The molecule has 2 aliphatic heterocycles. The molecule has 1 saturated heterocycles. The predicted octanol–water partition coefficient (Wildman–Crippen LogP) is 3.33. The van der Waals surface area contributed by atoms with Crippen LogP contribution in [-0.4, -0.2) is 53.2 Å². The lowest BCUT2D eigenvalue weighted by Crippen LogP contribution is -2.59. The highest BCUT2D eigenvalue weighted by atomic mass is 32.1. The lowest BCUT2D eigenvalue weighted by Gasteiger charge is -2.39. The van der Waals surface area contributed by atoms with E-state index in [0.29, 0.717) is 29.9 Å². The molecule has 0 bridgehead atoms. The number of hydrogen-bond acceptors (Lipinski definition) is 4. The monoisotopic (exact) mass is 417 g/mol. The molecule has 3 heterocycles. The standard InChI is InChI=1S/C23H19N3O3S/c27-21-19-14-25(22(28)15-5-2-1-3-6-15)10-11-26(19)23(29)17-13-16(8-9-18(17)24-21)20-7-4-12-30-20/h1-9,12-13,19H,10-11,14H2,(H,24,27). The second-order valence-electron chi connectivity index (χ2n) is 7.36. The van der Waals surface area contributed by atoms with Crippen LogP contribution in [0.5, 0.6) is 0 Å². The number of rotatable bonds is 2. The molecule has 1 fully saturated rings. The van der Waals surface area contributed by atoms with Gasteiger partial charge in [0.15, 0.2) is 0 Å². The number of nitrogens with zero attached hydrogens (tertiary/aromatic N) is 2. The molecule has 3 aromatic rings. The number of anilines is 1. The Balaban J connectivity index is 1.43. The van der Waals surface area contributed by atoms with Crippen LogP contribution in [0, 0.1) is 0 Å². The van der Waals surface area contributed by atoms with Gasteiger partial charge in [-0.2, -0.15) is 0 Å². The number of carbonyl (C=O) groups excluding carboxylic acids is 3. The summed E-state index contributed by atoms with van der Waals surface area (Å²) in [6.45, 7) is 0.887. The fourth-order valence-electron chi connectivity index (χ4n) is 4.00. The molecule has 2 aliphatic rings. The van der Waals surface area contributed by atoms with Crippen LogP contribution in [0.2, 0.25) is 0 Å². The topological polar surface area (TPSA) is 69.7 Å². The quantitative estimate of drug-likeness (QED) is 0.695. The Labute approximate surface area is 177 Å². The Bertz CT molecular complexity index is 1130. The first kappa shape index (κ1) is 18.6. The van der Waals surface area contributed by atoms with Gasteiger partial charge in [0.25, 0.3) is 11.8 Å². The molecule has 2 aromatic carbocycles. The number of piperazine rings is 1. The van der Waals surface area contributed by atoms with Crippen LogP contribution in [0.25, 0.3) is 10.4 Å². The van der Waals surface area contributed by atoms with E-state index in [9.17, 15) is 14.4 Å². The van der Waals surface area contributed by atoms with E-state index in [0.717, 1.165) is 10.4 Å². The molecule has 3 amide bonds. The molecule has 7 heteroatoms. The van der Waals surface area contributed by atoms with E-state index in [1.807, 2.05) is 47.8 Å². The molecule has 150 valence electrons. The fourth-order valence-corrected chi connectivity index (χ4v) is 4.72. The maximum absolute atomic E-state index is 13.3. The first-order valence-corrected chi connectivity index (χ1v) is 10.6. The molecule has 0 spiro atoms. The van der Waals surface area contributed by atoms with Crippen molar-refractivity contribution in [3.8, 4) is 10.4 Å². The molecule has 1 N–H and O–H groups in total. The minimum absolute atomic E-state index is 0.128. The Kier molecular flexibility index (Phi) is 4.59. The molecule has 1 atom stereocenters. The molecule has 1 aromatic heterocycles. The highest BCUT2D eigenvalue weighted by Crippen LogP contribution is 2.32. The summed E-state index contributed by atoms with van der Waals surface area (Å²) in [7, 11) is 0. The zero-order chi connectivity index (χ0) is 20.7. The second kappa shape index (κ2) is 7.42. The summed E-state index contributed by atoms with van der Waals surface area (Å²) in [5.74, 6) is -0.577. The van der Waals surface area contributed by atoms with Gasteiger partial charge in [0, 0.05) is 23.5 Å². The third-order valence-corrected chi connectivity index (χ3v) is 6.48. The molecular weight excluding hydrogens is 398 g/mol. The summed E-state index contributed by atoms with van der Waals surface area (Å²) in [6.07, 6.45) is 0. The van der Waals surface area contributed by atoms with E-state index in [4.69, 9.17) is 0 Å². The van der Waals surface area contributed by atoms with Gasteiger partial charge < -0.3 is 15.1 Å². The smallest absolute Gasteiger partial charge is 0.256 e. The summed E-state index contributed by atoms with van der Waals surface area (Å²) < 4.78 is 0. The Hall–Kier alpha value is -3.45. The number of benzene rings is 2. The Morgan fingerprint density at radius 3 is 2.60 bits per heavy atom. The molecular formula is C23H19N3O3S. The van der Waals surface area contributed by atoms with Crippen molar-refractivity contribution in [1.82, 2.24) is 9.80 Å². The summed E-state index contributed by atoms with van der Waals surface area (Å²) in [5, 5.41) is 4.88. The van der Waals surface area contributed by atoms with Crippen molar-refractivity contribution >= 4 is 34.7 Å². The van der Waals surface area contributed by atoms with Crippen molar-refractivity contribution in [3.63, 3.8) is 0 Å². The van der Waals surface area contributed by atoms with E-state index >= 15 is 0 Å². The van der Waals surface area contributed by atoms with Gasteiger partial charge in [0.1, 0.15) is 6.04 Å². The largest absolute Gasteiger partial charge is 0.334 e. The number of thiophene rings is 1. The number of amides is 3. The molecule has 5 rings (SSSR count). The maximum atomic E-state index is 13.3. The zero-order valence-electron chi connectivity index (χ0n) is 16.1. The number of hydrogen-bond donors (Lipinski definition) is 1. The van der Waals surface area contributed by atoms with Crippen molar-refractivity contribution in [2.75, 3.05) is 25.0 Å². The van der Waals surface area contributed by atoms with Crippen LogP contribution < -0.4 is 5.32 Å². The highest BCUT2D eigenvalue weighted by molar-refractivity contribution is 7.13. The first-order valence-electron chi connectivity index (χ1n) is 9.76. The van der Waals surface area contributed by atoms with E-state index in [-0.39, 0.29) is 24.3 Å². The molecule has 6 nitrogen and oxygen atoms in total. The van der Waals surface area contributed by atoms with Crippen LogP contribution in [0.3, 0.4) is 0 Å². The summed E-state index contributed by atoms with van der Waals surface area (Å²) >= 11 is 1.60. The average molecular weight is 417 g/mol. The lowest BCUT2D eigenvalue weighted by atomic mass is 10.1. The van der Waals surface area contributed by atoms with E-state index in [1.165, 1.54) is 0 Å². The first-order chi connectivity index (χ1) is 14.6. The third kappa shape index (κ3) is 3.17. The van der Waals surface area contributed by atoms with E-state index in [2.05, 4.69) is 5.32 Å². The number of fused-ring (bicyclic) bond motifs is 2. The van der Waals surface area contributed by atoms with Crippen LogP contribution in [0.4, 0.5) is 5.69 Å². The normalized spacial score (nSPS) is 18.3. The van der Waals surface area contributed by atoms with Crippen molar-refractivity contribution < 1.29 is 14.4 Å². The van der Waals surface area contributed by atoms with Gasteiger partial charge in [-0.1, -0.05) is 30.3 Å². The van der Waals surface area contributed by atoms with Gasteiger partial charge in [0.2, 0.25) is 5.91 Å². The minimum Gasteiger partial charge on any atom is -0.334 e. The second-order valence-corrected chi connectivity index (χ2v) is 8.31. The van der Waals surface area contributed by atoms with Crippen LogP contribution in [-0.2, 0) is 4.79 Å². The molecule has 30 heavy (non-hydrogen) atoms. The van der Waals surface area contributed by atoms with Crippen LogP contribution >= 0.6 is 11.3 Å². The predicted molar refractivity (Wildman–Crippen MR) is 116 cm³/mol. The zero-order valence-corrected chi connectivity index (χ0v) is 16.9. The van der Waals surface area contributed by atoms with Crippen LogP contribution in [0.15, 0.2) is 66.0 Å². The van der Waals surface area contributed by atoms with E-state index < -0.39 is 6.04 Å². The summed E-state index contributed by atoms with van der Waals surface area (Å²) in [5.41, 5.74) is 2.53. The summed E-state index contributed by atoms with van der Waals surface area (Å²) in [6, 6.07) is 17.8. The lowest BCUT2D eigenvalue weighted by molar-refractivity contribution is -0.121. The summed E-state index contributed by atoms with van der Waals surface area (Å²) in [4.78, 5) is 43.4. The van der Waals surface area contributed by atoms with Crippen LogP contribution in [0.1, 0.15) is 20.7 Å². The fraction of sp³-hybridized carbons (Fsp3) is 0.174. The average Bonchev–Trinajstić information content (AvgIpc) is 3.30. The van der Waals surface area contributed by atoms with E-state index in [1.54, 1.807) is 39.3 Å². The molecule has 1 unspecified atom stereocenters. The van der Waals surface area contributed by atoms with Crippen molar-refractivity contribution in [3.05, 3.63) is 77.2 Å².